The molecule has 18 rings (SSSR count). The lowest BCUT2D eigenvalue weighted by atomic mass is 9.78. The molecule has 0 N–H and O–H groups in total. The fourth-order valence-electron chi connectivity index (χ4n) is 11.6. The number of rotatable bonds is 15. The molecule has 5 nitrogen and oxygen atoms in total. The van der Waals surface area contributed by atoms with Gasteiger partial charge in [-0.1, -0.05) is 630 Å². The van der Waals surface area contributed by atoms with E-state index in [9.17, 15) is 0 Å². The highest BCUT2D eigenvalue weighted by Crippen LogP contribution is 2.37. The molecule has 18 aromatic rings. The molecule has 0 heterocycles. The Morgan fingerprint density at radius 1 is 0.131 bits per heavy atom. The molecule has 0 bridgehead atoms. The largest absolute Gasteiger partial charge is 0.457 e. The van der Waals surface area contributed by atoms with Crippen molar-refractivity contribution in [3.8, 4) is 68.6 Å². The van der Waals surface area contributed by atoms with Crippen LogP contribution in [0, 0.1) is 0 Å². The Morgan fingerprint density at radius 2 is 0.262 bits per heavy atom. The van der Waals surface area contributed by atoms with Crippen LogP contribution >= 0.6 is 0 Å². The van der Waals surface area contributed by atoms with Gasteiger partial charge in [-0.25, -0.2) is 0 Å². The van der Waals surface area contributed by atoms with Gasteiger partial charge in [0, 0.05) is 11.5 Å². The molecule has 0 radical (unpaired) electrons. The molecule has 0 fully saturated rings. The van der Waals surface area contributed by atoms with E-state index < -0.39 is 0 Å². The second-order valence-corrected chi connectivity index (χ2v) is 26.3. The number of benzene rings is 18. The normalized spacial score (nSPS) is 8.51. The molecule has 0 aliphatic carbocycles. The molecule has 0 saturated heterocycles. The van der Waals surface area contributed by atoms with Crippen molar-refractivity contribution in [2.24, 2.45) is 0 Å². The average Bonchev–Trinajstić information content (AvgIpc) is 0.792. The maximum Gasteiger partial charge on any atom is 0.131 e. The minimum absolute atomic E-state index is 0.202. The second-order valence-electron chi connectivity index (χ2n) is 26.3. The highest BCUT2D eigenvalue weighted by Gasteiger charge is 2.24. The Hall–Kier alpha value is -14.5. The summed E-state index contributed by atoms with van der Waals surface area (Å²) in [6, 6.07) is 170. The third kappa shape index (κ3) is 66.8. The monoisotopic (exact) mass is 1950 g/mol. The van der Waals surface area contributed by atoms with Gasteiger partial charge < -0.3 is 23.7 Å². The zero-order valence-corrected chi connectivity index (χ0v) is 95.7. The van der Waals surface area contributed by atoms with E-state index in [2.05, 4.69) is 244 Å². The second kappa shape index (κ2) is 107. The Balaban J connectivity index is -0.000000375. The standard InChI is InChI=1S/C27H24O2.C18H14O2.C13H12.C12H10O.C12H10.2C10H8.C6H6.16C2H6/c1-27(2,21-11-9-17-25(19-21)28-23-13-5-3-6-14-23)22-12-10-18-26(20-22)29-24-15-7-4-8-16-24;1-3-8-15(9-4-1)19-17-12-7-13-18(14-17)20-16-10-5-2-6-11-16;1-3-7-12(8-4-1)11-13-9-5-2-6-10-13;1-3-7-11(8-4-1)13-12-9-5-2-6-10-12;1-3-7-11(8-4-1)12-9-5-2-6-10-12;2*1-2-6-10-8-4-3-7-9(10)5-1;1-2-4-6-5-3-1;16*1-2/h3-20H,1-2H3;1-14H;1-10H,11H2;1-10H;1-10H;2*1-8H;1-6H;16*1-2H3. The van der Waals surface area contributed by atoms with Crippen LogP contribution in [0.4, 0.5) is 0 Å². The smallest absolute Gasteiger partial charge is 0.131 e. The van der Waals surface area contributed by atoms with Gasteiger partial charge in [0.25, 0.3) is 0 Å². The first-order valence-corrected chi connectivity index (χ1v) is 53.9. The quantitative estimate of drug-likeness (QED) is 0.102. The molecule has 5 heteroatoms. The van der Waals surface area contributed by atoms with Crippen LogP contribution in [0.2, 0.25) is 0 Å². The van der Waals surface area contributed by atoms with E-state index in [1.54, 1.807) is 0 Å². The molecule has 0 unspecified atom stereocenters. The van der Waals surface area contributed by atoms with Crippen molar-refractivity contribution in [1.82, 2.24) is 0 Å². The molecule has 0 aliphatic rings. The molecule has 0 amide bonds. The van der Waals surface area contributed by atoms with E-state index in [-0.39, 0.29) is 5.41 Å². The van der Waals surface area contributed by atoms with E-state index >= 15 is 0 Å². The van der Waals surface area contributed by atoms with Crippen LogP contribution in [0.1, 0.15) is 258 Å². The van der Waals surface area contributed by atoms with Crippen LogP contribution in [0.15, 0.2) is 510 Å². The molecule has 0 saturated carbocycles. The number of ether oxygens (including phenoxy) is 5. The van der Waals surface area contributed by atoms with Crippen LogP contribution in [0.5, 0.6) is 57.5 Å². The van der Waals surface area contributed by atoms with Crippen molar-refractivity contribution in [2.75, 3.05) is 0 Å². The average molecular weight is 1950 g/mol. The van der Waals surface area contributed by atoms with Crippen molar-refractivity contribution in [1.29, 1.82) is 0 Å². The van der Waals surface area contributed by atoms with Gasteiger partial charge in [0.1, 0.15) is 57.5 Å². The van der Waals surface area contributed by atoms with Crippen molar-refractivity contribution in [2.45, 2.75) is 247 Å². The minimum atomic E-state index is -0.202. The molecular weight excluding hydrogens is 1760 g/mol. The van der Waals surface area contributed by atoms with Gasteiger partial charge in [0.2, 0.25) is 0 Å². The predicted molar refractivity (Wildman–Crippen MR) is 654 cm³/mol. The fourth-order valence-corrected chi connectivity index (χ4v) is 11.6. The number of para-hydroxylation sites is 6. The summed E-state index contributed by atoms with van der Waals surface area (Å²) in [5.74, 6) is 8.20. The van der Waals surface area contributed by atoms with Gasteiger partial charge in [0.05, 0.1) is 0 Å². The summed E-state index contributed by atoms with van der Waals surface area (Å²) in [6.45, 7) is 68.4. The summed E-state index contributed by atoms with van der Waals surface area (Å²) in [6.07, 6.45) is 1.03. The van der Waals surface area contributed by atoms with E-state index in [1.165, 1.54) is 54.9 Å². The van der Waals surface area contributed by atoms with Gasteiger partial charge in [-0.15, -0.1) is 0 Å². The van der Waals surface area contributed by atoms with Crippen molar-refractivity contribution < 1.29 is 23.7 Å². The molecule has 0 aliphatic heterocycles. The first kappa shape index (κ1) is 141. The number of hydrogen-bond acceptors (Lipinski definition) is 5. The Kier molecular flexibility index (Phi) is 104. The first-order valence-electron chi connectivity index (χ1n) is 53.9. The highest BCUT2D eigenvalue weighted by molar-refractivity contribution is 5.83. The van der Waals surface area contributed by atoms with Gasteiger partial charge in [-0.2, -0.15) is 0 Å². The summed E-state index contributed by atoms with van der Waals surface area (Å²) in [5, 5.41) is 5.24. The fraction of sp³-hybridized carbons (Fsp3) is 0.257. The third-order valence-electron chi connectivity index (χ3n) is 17.5. The lowest BCUT2D eigenvalue weighted by Crippen LogP contribution is -2.18. The van der Waals surface area contributed by atoms with Crippen LogP contribution in [0.25, 0.3) is 32.7 Å². The maximum absolute atomic E-state index is 6.03. The first-order chi connectivity index (χ1) is 71.8. The Bertz CT molecular complexity index is 4990. The highest BCUT2D eigenvalue weighted by atomic mass is 16.5. The third-order valence-corrected chi connectivity index (χ3v) is 17.5. The number of hydrogen-bond donors (Lipinski definition) is 0. The lowest BCUT2D eigenvalue weighted by Gasteiger charge is -2.27. The SMILES string of the molecule is CC.CC.CC.CC.CC.CC.CC.CC.CC.CC.CC.CC.CC.CC.CC.CC.CC(C)(c1cccc(Oc2ccccc2)c1)c1cccc(Oc2ccccc2)c1.c1ccc(-c2ccccc2)cc1.c1ccc(Cc2ccccc2)cc1.c1ccc(Oc2cccc(Oc3ccccc3)c2)cc1.c1ccc(Oc2ccccc2)cc1.c1ccc2ccccc2c1.c1ccc2ccccc2c1.c1ccccc1. The van der Waals surface area contributed by atoms with Crippen molar-refractivity contribution in [3.05, 3.63) is 532 Å². The van der Waals surface area contributed by atoms with Crippen molar-refractivity contribution in [3.63, 3.8) is 0 Å². The zero-order chi connectivity index (χ0) is 110. The maximum atomic E-state index is 6.03. The Morgan fingerprint density at radius 3 is 0.448 bits per heavy atom. The van der Waals surface area contributed by atoms with Crippen LogP contribution in [-0.4, -0.2) is 0 Å². The zero-order valence-electron chi connectivity index (χ0n) is 95.7. The predicted octanol–water partition coefficient (Wildman–Crippen LogP) is 46.8. The summed E-state index contributed by atoms with van der Waals surface area (Å²) in [7, 11) is 0. The van der Waals surface area contributed by atoms with E-state index in [0.717, 1.165) is 63.9 Å². The molecule has 145 heavy (non-hydrogen) atoms. The summed E-state index contributed by atoms with van der Waals surface area (Å²) in [5.41, 5.74) is 7.45. The van der Waals surface area contributed by atoms with Gasteiger partial charge in [-0.3, -0.25) is 0 Å². The van der Waals surface area contributed by atoms with Crippen LogP contribution in [-0.2, 0) is 11.8 Å². The van der Waals surface area contributed by atoms with Gasteiger partial charge in [0.15, 0.2) is 0 Å². The van der Waals surface area contributed by atoms with Crippen LogP contribution in [0.3, 0.4) is 0 Å². The Labute approximate surface area is 886 Å². The summed E-state index contributed by atoms with van der Waals surface area (Å²) < 4.78 is 29.2. The molecular formula is C140H188O5. The van der Waals surface area contributed by atoms with E-state index in [4.69, 9.17) is 23.7 Å². The molecule has 778 valence electrons. The minimum Gasteiger partial charge on any atom is -0.457 e. The molecule has 18 aromatic carbocycles. The van der Waals surface area contributed by atoms with E-state index in [0.29, 0.717) is 0 Å². The lowest BCUT2D eigenvalue weighted by molar-refractivity contribution is 0.460. The molecule has 0 spiro atoms. The molecule has 0 aromatic heterocycles. The topological polar surface area (TPSA) is 46.2 Å². The van der Waals surface area contributed by atoms with Crippen LogP contribution < -0.4 is 23.7 Å². The summed E-state index contributed by atoms with van der Waals surface area (Å²) >= 11 is 0. The number of fused-ring (bicyclic) bond motifs is 2. The molecule has 0 atom stereocenters. The van der Waals surface area contributed by atoms with E-state index in [1.807, 2.05) is 501 Å². The summed E-state index contributed by atoms with van der Waals surface area (Å²) in [4.78, 5) is 0. The van der Waals surface area contributed by atoms with Gasteiger partial charge >= 0.3 is 0 Å². The van der Waals surface area contributed by atoms with Gasteiger partial charge in [-0.05, 0) is 171 Å². The van der Waals surface area contributed by atoms with Crippen molar-refractivity contribution >= 4 is 21.5 Å².